The number of hydrogen-bond donors (Lipinski definition) is 1. The zero-order chi connectivity index (χ0) is 13.8. The monoisotopic (exact) mass is 259 g/mol. The van der Waals surface area contributed by atoms with Crippen LogP contribution >= 0.6 is 0 Å². The number of hydrogen-bond acceptors (Lipinski definition) is 4. The molecule has 0 radical (unpaired) electrons. The second-order valence-corrected chi connectivity index (χ2v) is 4.88. The van der Waals surface area contributed by atoms with Crippen LogP contribution in [0.2, 0.25) is 0 Å². The Labute approximate surface area is 113 Å². The summed E-state index contributed by atoms with van der Waals surface area (Å²) in [5.41, 5.74) is 7.63. The van der Waals surface area contributed by atoms with E-state index in [-0.39, 0.29) is 0 Å². The number of imidazole rings is 1. The number of nitrogens with zero attached hydrogens (tertiary/aromatic N) is 4. The summed E-state index contributed by atoms with van der Waals surface area (Å²) >= 11 is 0. The third-order valence-electron chi connectivity index (χ3n) is 3.02. The summed E-state index contributed by atoms with van der Waals surface area (Å²) in [6.07, 6.45) is 7.59. The first-order chi connectivity index (χ1) is 9.17. The molecular formula is C14H21N5. The Morgan fingerprint density at radius 3 is 2.74 bits per heavy atom. The predicted octanol–water partition coefficient (Wildman–Crippen LogP) is 2.20. The topological polar surface area (TPSA) is 69.6 Å². The molecule has 102 valence electrons. The summed E-state index contributed by atoms with van der Waals surface area (Å²) in [6, 6.07) is 0. The standard InChI is InChI=1S/C14H21N5/c1-4-5-13-16-6-7-19(13)12-9-17-14(10(2)3)18-11(12)8-15/h6-7,9-10H,4-5,8,15H2,1-3H3. The van der Waals surface area contributed by atoms with E-state index in [9.17, 15) is 0 Å². The van der Waals surface area contributed by atoms with E-state index in [0.717, 1.165) is 35.9 Å². The van der Waals surface area contributed by atoms with Crippen molar-refractivity contribution in [3.8, 4) is 5.69 Å². The van der Waals surface area contributed by atoms with E-state index in [1.54, 1.807) is 0 Å². The summed E-state index contributed by atoms with van der Waals surface area (Å²) in [7, 11) is 0. The summed E-state index contributed by atoms with van der Waals surface area (Å²) in [5.74, 6) is 2.16. The van der Waals surface area contributed by atoms with Crippen LogP contribution in [0, 0.1) is 0 Å². The lowest BCUT2D eigenvalue weighted by Crippen LogP contribution is -2.12. The van der Waals surface area contributed by atoms with E-state index >= 15 is 0 Å². The molecule has 0 saturated carbocycles. The zero-order valence-electron chi connectivity index (χ0n) is 11.8. The van der Waals surface area contributed by atoms with Crippen LogP contribution < -0.4 is 5.73 Å². The first-order valence-electron chi connectivity index (χ1n) is 6.75. The van der Waals surface area contributed by atoms with Gasteiger partial charge in [0.15, 0.2) is 0 Å². The van der Waals surface area contributed by atoms with Crippen molar-refractivity contribution in [2.45, 2.75) is 46.1 Å². The maximum absolute atomic E-state index is 5.83. The lowest BCUT2D eigenvalue weighted by atomic mass is 10.2. The van der Waals surface area contributed by atoms with E-state index < -0.39 is 0 Å². The highest BCUT2D eigenvalue weighted by atomic mass is 15.1. The Morgan fingerprint density at radius 1 is 1.32 bits per heavy atom. The molecule has 0 aliphatic heterocycles. The van der Waals surface area contributed by atoms with E-state index in [1.807, 2.05) is 23.2 Å². The van der Waals surface area contributed by atoms with Crippen LogP contribution in [0.5, 0.6) is 0 Å². The molecular weight excluding hydrogens is 238 g/mol. The Balaban J connectivity index is 2.46. The Kier molecular flexibility index (Phi) is 4.27. The second-order valence-electron chi connectivity index (χ2n) is 4.88. The van der Waals surface area contributed by atoms with Gasteiger partial charge in [-0.2, -0.15) is 0 Å². The molecule has 2 aromatic heterocycles. The first-order valence-corrected chi connectivity index (χ1v) is 6.75. The largest absolute Gasteiger partial charge is 0.325 e. The van der Waals surface area contributed by atoms with Crippen molar-refractivity contribution in [1.82, 2.24) is 19.5 Å². The van der Waals surface area contributed by atoms with E-state index in [0.29, 0.717) is 12.5 Å². The maximum atomic E-state index is 5.83. The van der Waals surface area contributed by atoms with Gasteiger partial charge in [-0.25, -0.2) is 15.0 Å². The lowest BCUT2D eigenvalue weighted by Gasteiger charge is -2.13. The summed E-state index contributed by atoms with van der Waals surface area (Å²) in [5, 5.41) is 0. The van der Waals surface area contributed by atoms with Gasteiger partial charge in [0.2, 0.25) is 0 Å². The molecule has 0 fully saturated rings. The predicted molar refractivity (Wildman–Crippen MR) is 75.1 cm³/mol. The lowest BCUT2D eigenvalue weighted by molar-refractivity contribution is 0.738. The van der Waals surface area contributed by atoms with Crippen LogP contribution in [-0.2, 0) is 13.0 Å². The van der Waals surface area contributed by atoms with E-state index in [2.05, 4.69) is 35.7 Å². The van der Waals surface area contributed by atoms with Gasteiger partial charge in [-0.3, -0.25) is 0 Å². The molecule has 0 amide bonds. The highest BCUT2D eigenvalue weighted by molar-refractivity contribution is 5.36. The molecule has 2 rings (SSSR count). The molecule has 19 heavy (non-hydrogen) atoms. The molecule has 5 nitrogen and oxygen atoms in total. The van der Waals surface area contributed by atoms with Gasteiger partial charge in [0.1, 0.15) is 11.6 Å². The molecule has 0 saturated heterocycles. The van der Waals surface area contributed by atoms with Crippen LogP contribution in [-0.4, -0.2) is 19.5 Å². The van der Waals surface area contributed by atoms with Crippen LogP contribution in [0.3, 0.4) is 0 Å². The number of nitrogens with two attached hydrogens (primary N) is 1. The second kappa shape index (κ2) is 5.93. The quantitative estimate of drug-likeness (QED) is 0.893. The van der Waals surface area contributed by atoms with Gasteiger partial charge in [0.05, 0.1) is 17.6 Å². The molecule has 0 atom stereocenters. The van der Waals surface area contributed by atoms with Crippen LogP contribution in [0.1, 0.15) is 50.5 Å². The molecule has 2 N–H and O–H groups in total. The van der Waals surface area contributed by atoms with E-state index in [4.69, 9.17) is 5.73 Å². The van der Waals surface area contributed by atoms with Gasteiger partial charge in [-0.1, -0.05) is 20.8 Å². The molecule has 0 unspecified atom stereocenters. The summed E-state index contributed by atoms with van der Waals surface area (Å²) in [6.45, 7) is 6.70. The minimum atomic E-state index is 0.303. The van der Waals surface area contributed by atoms with Crippen molar-refractivity contribution < 1.29 is 0 Å². The van der Waals surface area contributed by atoms with Gasteiger partial charge >= 0.3 is 0 Å². The highest BCUT2D eigenvalue weighted by Gasteiger charge is 2.12. The number of rotatable bonds is 5. The third-order valence-corrected chi connectivity index (χ3v) is 3.02. The number of aromatic nitrogens is 4. The van der Waals surface area contributed by atoms with Gasteiger partial charge in [-0.15, -0.1) is 0 Å². The molecule has 2 aromatic rings. The fraction of sp³-hybridized carbons (Fsp3) is 0.500. The minimum Gasteiger partial charge on any atom is -0.325 e. The zero-order valence-corrected chi connectivity index (χ0v) is 11.8. The van der Waals surface area contributed by atoms with Gasteiger partial charge < -0.3 is 10.3 Å². The van der Waals surface area contributed by atoms with Crippen LogP contribution in [0.25, 0.3) is 5.69 Å². The molecule has 0 bridgehead atoms. The van der Waals surface area contributed by atoms with Gasteiger partial charge in [0.25, 0.3) is 0 Å². The van der Waals surface area contributed by atoms with Crippen LogP contribution in [0.4, 0.5) is 0 Å². The molecule has 0 aliphatic rings. The number of aryl methyl sites for hydroxylation is 1. The average Bonchev–Trinajstić information content (AvgIpc) is 2.86. The smallest absolute Gasteiger partial charge is 0.131 e. The minimum absolute atomic E-state index is 0.303. The Morgan fingerprint density at radius 2 is 2.11 bits per heavy atom. The highest BCUT2D eigenvalue weighted by Crippen LogP contribution is 2.17. The van der Waals surface area contributed by atoms with Crippen molar-refractivity contribution in [3.05, 3.63) is 35.9 Å². The third kappa shape index (κ3) is 2.81. The molecule has 0 aliphatic carbocycles. The normalized spacial score (nSPS) is 11.2. The molecule has 5 heteroatoms. The van der Waals surface area contributed by atoms with Gasteiger partial charge in [0, 0.05) is 31.3 Å². The summed E-state index contributed by atoms with van der Waals surface area (Å²) in [4.78, 5) is 13.4. The van der Waals surface area contributed by atoms with Gasteiger partial charge in [-0.05, 0) is 6.42 Å². The van der Waals surface area contributed by atoms with Crippen molar-refractivity contribution in [2.75, 3.05) is 0 Å². The summed E-state index contributed by atoms with van der Waals surface area (Å²) < 4.78 is 2.04. The first kappa shape index (κ1) is 13.7. The fourth-order valence-corrected chi connectivity index (χ4v) is 2.02. The van der Waals surface area contributed by atoms with Crippen molar-refractivity contribution in [2.24, 2.45) is 5.73 Å². The van der Waals surface area contributed by atoms with Crippen molar-refractivity contribution in [3.63, 3.8) is 0 Å². The van der Waals surface area contributed by atoms with Crippen molar-refractivity contribution in [1.29, 1.82) is 0 Å². The Hall–Kier alpha value is -1.75. The molecule has 0 aromatic carbocycles. The average molecular weight is 259 g/mol. The Bertz CT molecular complexity index is 545. The van der Waals surface area contributed by atoms with Crippen LogP contribution in [0.15, 0.2) is 18.6 Å². The molecule has 2 heterocycles. The van der Waals surface area contributed by atoms with Crippen molar-refractivity contribution >= 4 is 0 Å². The SMILES string of the molecule is CCCc1nccn1-c1cnc(C(C)C)nc1CN. The fourth-order valence-electron chi connectivity index (χ4n) is 2.02. The van der Waals surface area contributed by atoms with E-state index in [1.165, 1.54) is 0 Å². The maximum Gasteiger partial charge on any atom is 0.131 e. The molecule has 0 spiro atoms.